The van der Waals surface area contributed by atoms with E-state index in [1.807, 2.05) is 36.4 Å². The zero-order valence-corrected chi connectivity index (χ0v) is 16.7. The predicted molar refractivity (Wildman–Crippen MR) is 111 cm³/mol. The molecule has 0 aliphatic carbocycles. The second kappa shape index (κ2) is 8.57. The SMILES string of the molecule is CN1CCN(c2cc(C(=O)N3CCN(C=O)CC3)nc(-c3ccccc3)n2)CC1. The van der Waals surface area contributed by atoms with E-state index in [1.165, 1.54) is 0 Å². The Labute approximate surface area is 170 Å². The lowest BCUT2D eigenvalue weighted by Gasteiger charge is -2.34. The fraction of sp³-hybridized carbons (Fsp3) is 0.429. The second-order valence-corrected chi connectivity index (χ2v) is 7.52. The number of anilines is 1. The van der Waals surface area contributed by atoms with Gasteiger partial charge in [-0.05, 0) is 7.05 Å². The molecule has 1 aromatic heterocycles. The topological polar surface area (TPSA) is 72.9 Å². The van der Waals surface area contributed by atoms with E-state index in [0.717, 1.165) is 44.0 Å². The minimum atomic E-state index is -0.106. The standard InChI is InChI=1S/C21H26N6O2/c1-24-7-11-26(12-8-24)19-15-18(21(29)27-13-9-25(16-28)10-14-27)22-20(23-19)17-5-3-2-4-6-17/h2-6,15-16H,7-14H2,1H3. The molecule has 0 N–H and O–H groups in total. The number of hydrogen-bond acceptors (Lipinski definition) is 6. The molecule has 4 rings (SSSR count). The van der Waals surface area contributed by atoms with Gasteiger partial charge in [0, 0.05) is 64.0 Å². The largest absolute Gasteiger partial charge is 0.354 e. The van der Waals surface area contributed by atoms with Gasteiger partial charge in [-0.15, -0.1) is 0 Å². The van der Waals surface area contributed by atoms with Gasteiger partial charge in [-0.25, -0.2) is 9.97 Å². The first kappa shape index (κ1) is 19.3. The van der Waals surface area contributed by atoms with Crippen LogP contribution < -0.4 is 4.90 Å². The first-order chi connectivity index (χ1) is 14.1. The van der Waals surface area contributed by atoms with Gasteiger partial charge in [0.15, 0.2) is 5.82 Å². The maximum atomic E-state index is 13.2. The zero-order chi connectivity index (χ0) is 20.2. The molecule has 0 saturated carbocycles. The molecule has 3 heterocycles. The number of carbonyl (C=O) groups is 2. The van der Waals surface area contributed by atoms with Crippen molar-refractivity contribution in [3.8, 4) is 11.4 Å². The van der Waals surface area contributed by atoms with Crippen molar-refractivity contribution in [3.05, 3.63) is 42.1 Å². The Bertz CT molecular complexity index is 859. The molecule has 0 unspecified atom stereocenters. The van der Waals surface area contributed by atoms with Gasteiger partial charge in [0.25, 0.3) is 5.91 Å². The first-order valence-electron chi connectivity index (χ1n) is 10.0. The van der Waals surface area contributed by atoms with E-state index in [2.05, 4.69) is 21.8 Å². The summed E-state index contributed by atoms with van der Waals surface area (Å²) >= 11 is 0. The maximum absolute atomic E-state index is 13.2. The van der Waals surface area contributed by atoms with Gasteiger partial charge in [0.1, 0.15) is 11.5 Å². The van der Waals surface area contributed by atoms with Gasteiger partial charge < -0.3 is 19.6 Å². The molecule has 2 amide bonds. The molecule has 2 aliphatic rings. The molecule has 0 atom stereocenters. The van der Waals surface area contributed by atoms with Crippen LogP contribution in [0.25, 0.3) is 11.4 Å². The molecule has 29 heavy (non-hydrogen) atoms. The van der Waals surface area contributed by atoms with Gasteiger partial charge >= 0.3 is 0 Å². The summed E-state index contributed by atoms with van der Waals surface area (Å²) in [5.41, 5.74) is 1.30. The number of likely N-dealkylation sites (N-methyl/N-ethyl adjacent to an activating group) is 1. The van der Waals surface area contributed by atoms with Gasteiger partial charge in [0.2, 0.25) is 6.41 Å². The quantitative estimate of drug-likeness (QED) is 0.715. The summed E-state index contributed by atoms with van der Waals surface area (Å²) in [6.45, 7) is 5.80. The minimum Gasteiger partial charge on any atom is -0.354 e. The highest BCUT2D eigenvalue weighted by Crippen LogP contribution is 2.22. The third kappa shape index (κ3) is 4.37. The van der Waals surface area contributed by atoms with E-state index >= 15 is 0 Å². The average Bonchev–Trinajstić information content (AvgIpc) is 2.79. The number of rotatable bonds is 4. The Balaban J connectivity index is 1.64. The van der Waals surface area contributed by atoms with Crippen molar-refractivity contribution in [2.45, 2.75) is 0 Å². The summed E-state index contributed by atoms with van der Waals surface area (Å²) < 4.78 is 0. The van der Waals surface area contributed by atoms with E-state index in [-0.39, 0.29) is 5.91 Å². The summed E-state index contributed by atoms with van der Waals surface area (Å²) in [5, 5.41) is 0. The van der Waals surface area contributed by atoms with Crippen molar-refractivity contribution < 1.29 is 9.59 Å². The molecular formula is C21H26N6O2. The van der Waals surface area contributed by atoms with Gasteiger partial charge in [-0.2, -0.15) is 0 Å². The number of hydrogen-bond donors (Lipinski definition) is 0. The van der Waals surface area contributed by atoms with Crippen molar-refractivity contribution >= 4 is 18.1 Å². The summed E-state index contributed by atoms with van der Waals surface area (Å²) in [5.74, 6) is 1.25. The highest BCUT2D eigenvalue weighted by atomic mass is 16.2. The van der Waals surface area contributed by atoms with Crippen LogP contribution in [-0.2, 0) is 4.79 Å². The van der Waals surface area contributed by atoms with E-state index in [1.54, 1.807) is 9.80 Å². The Hall–Kier alpha value is -3.00. The predicted octanol–water partition coefficient (Wildman–Crippen LogP) is 0.810. The molecule has 1 aromatic carbocycles. The molecule has 0 radical (unpaired) electrons. The summed E-state index contributed by atoms with van der Waals surface area (Å²) in [4.78, 5) is 41.5. The highest BCUT2D eigenvalue weighted by Gasteiger charge is 2.25. The number of carbonyl (C=O) groups excluding carboxylic acids is 2. The van der Waals surface area contributed by atoms with Crippen LogP contribution in [0.3, 0.4) is 0 Å². The van der Waals surface area contributed by atoms with E-state index in [4.69, 9.17) is 4.98 Å². The lowest BCUT2D eigenvalue weighted by Crippen LogP contribution is -2.48. The number of nitrogens with zero attached hydrogens (tertiary/aromatic N) is 6. The van der Waals surface area contributed by atoms with E-state index in [9.17, 15) is 9.59 Å². The van der Waals surface area contributed by atoms with Crippen molar-refractivity contribution in [3.63, 3.8) is 0 Å². The van der Waals surface area contributed by atoms with Crippen molar-refractivity contribution in [1.29, 1.82) is 0 Å². The smallest absolute Gasteiger partial charge is 0.272 e. The van der Waals surface area contributed by atoms with Crippen molar-refractivity contribution in [2.24, 2.45) is 0 Å². The molecule has 2 saturated heterocycles. The van der Waals surface area contributed by atoms with E-state index in [0.29, 0.717) is 37.7 Å². The van der Waals surface area contributed by atoms with Gasteiger partial charge in [-0.1, -0.05) is 30.3 Å². The van der Waals surface area contributed by atoms with Crippen LogP contribution in [0, 0.1) is 0 Å². The lowest BCUT2D eigenvalue weighted by molar-refractivity contribution is -0.119. The third-order valence-corrected chi connectivity index (χ3v) is 5.54. The molecule has 2 aromatic rings. The lowest BCUT2D eigenvalue weighted by atomic mass is 10.2. The summed E-state index contributed by atoms with van der Waals surface area (Å²) in [6.07, 6.45) is 0.839. The Kier molecular flexibility index (Phi) is 5.71. The number of benzene rings is 1. The molecular weight excluding hydrogens is 368 g/mol. The normalized spacial score (nSPS) is 18.0. The Morgan fingerprint density at radius 3 is 2.28 bits per heavy atom. The van der Waals surface area contributed by atoms with Crippen LogP contribution in [0.15, 0.2) is 36.4 Å². The van der Waals surface area contributed by atoms with Crippen LogP contribution >= 0.6 is 0 Å². The molecule has 8 heteroatoms. The first-order valence-corrected chi connectivity index (χ1v) is 10.0. The van der Waals surface area contributed by atoms with Crippen LogP contribution in [-0.4, -0.2) is 96.4 Å². The van der Waals surface area contributed by atoms with Crippen molar-refractivity contribution in [2.75, 3.05) is 64.3 Å². The van der Waals surface area contributed by atoms with Crippen molar-refractivity contribution in [1.82, 2.24) is 24.7 Å². The molecule has 8 nitrogen and oxygen atoms in total. The van der Waals surface area contributed by atoms with Gasteiger partial charge in [0.05, 0.1) is 0 Å². The molecule has 152 valence electrons. The Morgan fingerprint density at radius 1 is 0.931 bits per heavy atom. The Morgan fingerprint density at radius 2 is 1.62 bits per heavy atom. The highest BCUT2D eigenvalue weighted by molar-refractivity contribution is 5.93. The van der Waals surface area contributed by atoms with Crippen LogP contribution in [0.5, 0.6) is 0 Å². The number of piperazine rings is 2. The zero-order valence-electron chi connectivity index (χ0n) is 16.7. The van der Waals surface area contributed by atoms with Crippen LogP contribution in [0.1, 0.15) is 10.5 Å². The fourth-order valence-corrected chi connectivity index (χ4v) is 3.65. The summed E-state index contributed by atoms with van der Waals surface area (Å²) in [6, 6.07) is 11.6. The number of aromatic nitrogens is 2. The second-order valence-electron chi connectivity index (χ2n) is 7.52. The number of amides is 2. The molecule has 0 bridgehead atoms. The fourth-order valence-electron chi connectivity index (χ4n) is 3.65. The molecule has 2 aliphatic heterocycles. The molecule has 2 fully saturated rings. The minimum absolute atomic E-state index is 0.106. The van der Waals surface area contributed by atoms with Crippen LogP contribution in [0.4, 0.5) is 5.82 Å². The molecule has 0 spiro atoms. The summed E-state index contributed by atoms with van der Waals surface area (Å²) in [7, 11) is 2.11. The third-order valence-electron chi connectivity index (χ3n) is 5.54. The van der Waals surface area contributed by atoms with E-state index < -0.39 is 0 Å². The van der Waals surface area contributed by atoms with Crippen LogP contribution in [0.2, 0.25) is 0 Å². The average molecular weight is 394 g/mol. The van der Waals surface area contributed by atoms with Gasteiger partial charge in [-0.3, -0.25) is 9.59 Å². The maximum Gasteiger partial charge on any atom is 0.272 e. The monoisotopic (exact) mass is 394 g/mol.